The summed E-state index contributed by atoms with van der Waals surface area (Å²) in [7, 11) is 0. The maximum atomic E-state index is 12.5. The predicted octanol–water partition coefficient (Wildman–Crippen LogP) is 5.05. The molecule has 1 aliphatic rings. The van der Waals surface area contributed by atoms with E-state index < -0.39 is 0 Å². The zero-order chi connectivity index (χ0) is 21.0. The molecule has 2 heterocycles. The van der Waals surface area contributed by atoms with Crippen LogP contribution in [-0.2, 0) is 5.75 Å². The first-order valence-corrected chi connectivity index (χ1v) is 11.7. The summed E-state index contributed by atoms with van der Waals surface area (Å²) in [5, 5.41) is 14.6. The van der Waals surface area contributed by atoms with Gasteiger partial charge in [0, 0.05) is 11.3 Å². The first-order chi connectivity index (χ1) is 15.3. The van der Waals surface area contributed by atoms with E-state index in [0.29, 0.717) is 35.4 Å². The summed E-state index contributed by atoms with van der Waals surface area (Å²) >= 11 is 3.10. The fourth-order valence-corrected chi connectivity index (χ4v) is 5.12. The first-order valence-electron chi connectivity index (χ1n) is 9.86. The number of carbonyl (C=O) groups excluding carboxylic acids is 1. The highest BCUT2D eigenvalue weighted by Crippen LogP contribution is 2.32. The van der Waals surface area contributed by atoms with Crippen molar-refractivity contribution in [2.45, 2.75) is 10.1 Å². The summed E-state index contributed by atoms with van der Waals surface area (Å²) in [6, 6.07) is 20.0. The molecule has 1 aromatic heterocycles. The Morgan fingerprint density at radius 2 is 1.84 bits per heavy atom. The number of benzene rings is 3. The molecule has 0 amide bonds. The molecule has 3 aromatic carbocycles. The zero-order valence-electron chi connectivity index (χ0n) is 16.5. The van der Waals surface area contributed by atoms with Gasteiger partial charge in [0.2, 0.25) is 5.13 Å². The molecule has 1 aliphatic heterocycles. The molecule has 4 aromatic rings. The van der Waals surface area contributed by atoms with Crippen LogP contribution in [0.25, 0.3) is 10.8 Å². The lowest BCUT2D eigenvalue weighted by molar-refractivity contribution is 0.100. The fraction of sp³-hybridized carbons (Fsp3) is 0.174. The monoisotopic (exact) mass is 449 g/mol. The molecule has 5 rings (SSSR count). The largest absolute Gasteiger partial charge is 0.486 e. The standard InChI is InChI=1S/C23H19N3O3S2/c27-19(16-8-9-20-21(12-16)29-11-10-28-20)13-24-22-25-26-23(31-22)30-14-17-6-3-5-15-4-1-2-7-18(15)17/h1-9,12H,10-11,13-14H2,(H,24,25). The van der Waals surface area contributed by atoms with E-state index in [1.54, 1.807) is 30.0 Å². The maximum Gasteiger partial charge on any atom is 0.206 e. The molecule has 6 nitrogen and oxygen atoms in total. The second kappa shape index (κ2) is 8.95. The van der Waals surface area contributed by atoms with Crippen molar-refractivity contribution >= 4 is 44.8 Å². The average Bonchev–Trinajstić information content (AvgIpc) is 3.28. The summed E-state index contributed by atoms with van der Waals surface area (Å²) in [5.41, 5.74) is 1.84. The van der Waals surface area contributed by atoms with Crippen molar-refractivity contribution in [3.8, 4) is 11.5 Å². The van der Waals surface area contributed by atoms with Crippen LogP contribution >= 0.6 is 23.1 Å². The number of thioether (sulfide) groups is 1. The van der Waals surface area contributed by atoms with Gasteiger partial charge in [-0.05, 0) is 34.5 Å². The molecule has 0 bridgehead atoms. The van der Waals surface area contributed by atoms with Crippen LogP contribution in [0, 0.1) is 0 Å². The molecule has 156 valence electrons. The van der Waals surface area contributed by atoms with E-state index in [-0.39, 0.29) is 12.3 Å². The molecule has 0 saturated heterocycles. The fourth-order valence-electron chi connectivity index (χ4n) is 3.37. The number of rotatable bonds is 7. The van der Waals surface area contributed by atoms with E-state index in [4.69, 9.17) is 9.47 Å². The Morgan fingerprint density at radius 1 is 1.00 bits per heavy atom. The molecule has 8 heteroatoms. The normalized spacial score (nSPS) is 12.6. The van der Waals surface area contributed by atoms with Crippen LogP contribution in [0.3, 0.4) is 0 Å². The summed E-state index contributed by atoms with van der Waals surface area (Å²) in [6.45, 7) is 1.16. The van der Waals surface area contributed by atoms with Crippen LogP contribution in [-0.4, -0.2) is 35.7 Å². The molecular weight excluding hydrogens is 430 g/mol. The highest BCUT2D eigenvalue weighted by atomic mass is 32.2. The van der Waals surface area contributed by atoms with Crippen molar-refractivity contribution in [3.63, 3.8) is 0 Å². The van der Waals surface area contributed by atoms with Crippen LogP contribution in [0.5, 0.6) is 11.5 Å². The van der Waals surface area contributed by atoms with E-state index in [9.17, 15) is 4.79 Å². The first kappa shape index (κ1) is 19.8. The van der Waals surface area contributed by atoms with Crippen molar-refractivity contribution in [1.29, 1.82) is 0 Å². The lowest BCUT2D eigenvalue weighted by Crippen LogP contribution is -2.17. The summed E-state index contributed by atoms with van der Waals surface area (Å²) in [6.07, 6.45) is 0. The van der Waals surface area contributed by atoms with Gasteiger partial charge in [0.15, 0.2) is 21.6 Å². The molecular formula is C23H19N3O3S2. The number of Topliss-reactive ketones (excluding diaryl/α,β-unsaturated/α-hetero) is 1. The van der Waals surface area contributed by atoms with E-state index >= 15 is 0 Å². The lowest BCUT2D eigenvalue weighted by atomic mass is 10.1. The molecule has 0 aliphatic carbocycles. The third-order valence-corrected chi connectivity index (χ3v) is 6.96. The number of anilines is 1. The highest BCUT2D eigenvalue weighted by Gasteiger charge is 2.15. The molecule has 1 N–H and O–H groups in total. The summed E-state index contributed by atoms with van der Waals surface area (Å²) in [5.74, 6) is 2.05. The third-order valence-electron chi connectivity index (χ3n) is 4.90. The third kappa shape index (κ3) is 4.50. The second-order valence-electron chi connectivity index (χ2n) is 6.94. The van der Waals surface area contributed by atoms with E-state index in [1.807, 2.05) is 6.07 Å². The van der Waals surface area contributed by atoms with Crippen LogP contribution in [0.2, 0.25) is 0 Å². The molecule has 0 spiro atoms. The number of ether oxygens (including phenoxy) is 2. The SMILES string of the molecule is O=C(CNc1nnc(SCc2cccc3ccccc23)s1)c1ccc2c(c1)OCCO2. The Morgan fingerprint density at radius 3 is 2.77 bits per heavy atom. The van der Waals surface area contributed by atoms with Gasteiger partial charge in [0.05, 0.1) is 6.54 Å². The Hall–Kier alpha value is -3.10. The van der Waals surface area contributed by atoms with Gasteiger partial charge in [-0.3, -0.25) is 4.79 Å². The Bertz CT molecular complexity index is 1240. The second-order valence-corrected chi connectivity index (χ2v) is 9.14. The van der Waals surface area contributed by atoms with Crippen molar-refractivity contribution < 1.29 is 14.3 Å². The van der Waals surface area contributed by atoms with Crippen LogP contribution in [0.4, 0.5) is 5.13 Å². The van der Waals surface area contributed by atoms with Gasteiger partial charge in [-0.25, -0.2) is 0 Å². The predicted molar refractivity (Wildman–Crippen MR) is 124 cm³/mol. The van der Waals surface area contributed by atoms with Gasteiger partial charge < -0.3 is 14.8 Å². The number of nitrogens with zero attached hydrogens (tertiary/aromatic N) is 2. The molecule has 31 heavy (non-hydrogen) atoms. The number of hydrogen-bond donors (Lipinski definition) is 1. The van der Waals surface area contributed by atoms with E-state index in [1.165, 1.54) is 27.7 Å². The van der Waals surface area contributed by atoms with Gasteiger partial charge in [0.25, 0.3) is 0 Å². The van der Waals surface area contributed by atoms with Crippen molar-refractivity contribution in [1.82, 2.24) is 10.2 Å². The number of fused-ring (bicyclic) bond motifs is 2. The number of ketones is 1. The number of nitrogens with one attached hydrogen (secondary N) is 1. The van der Waals surface area contributed by atoms with Gasteiger partial charge in [0.1, 0.15) is 13.2 Å². The summed E-state index contributed by atoms with van der Waals surface area (Å²) < 4.78 is 11.9. The summed E-state index contributed by atoms with van der Waals surface area (Å²) in [4.78, 5) is 12.5. The Labute approximate surface area is 187 Å². The topological polar surface area (TPSA) is 73.3 Å². The average molecular weight is 450 g/mol. The quantitative estimate of drug-likeness (QED) is 0.313. The minimum atomic E-state index is -0.0443. The molecule has 0 radical (unpaired) electrons. The molecule has 0 saturated carbocycles. The highest BCUT2D eigenvalue weighted by molar-refractivity contribution is 8.00. The minimum absolute atomic E-state index is 0.0443. The van der Waals surface area contributed by atoms with Gasteiger partial charge in [-0.15, -0.1) is 10.2 Å². The number of aromatic nitrogens is 2. The van der Waals surface area contributed by atoms with E-state index in [2.05, 4.69) is 51.9 Å². The lowest BCUT2D eigenvalue weighted by Gasteiger charge is -2.18. The Kier molecular flexibility index (Phi) is 5.73. The minimum Gasteiger partial charge on any atom is -0.486 e. The van der Waals surface area contributed by atoms with Crippen molar-refractivity contribution in [2.75, 3.05) is 25.1 Å². The Balaban J connectivity index is 1.19. The molecule has 0 unspecified atom stereocenters. The van der Waals surface area contributed by atoms with E-state index in [0.717, 1.165) is 10.1 Å². The van der Waals surface area contributed by atoms with Crippen LogP contribution in [0.1, 0.15) is 15.9 Å². The van der Waals surface area contributed by atoms with Crippen LogP contribution in [0.15, 0.2) is 65.0 Å². The number of carbonyl (C=O) groups is 1. The zero-order valence-corrected chi connectivity index (χ0v) is 18.2. The molecule has 0 fully saturated rings. The number of hydrogen-bond acceptors (Lipinski definition) is 8. The smallest absolute Gasteiger partial charge is 0.206 e. The van der Waals surface area contributed by atoms with Gasteiger partial charge >= 0.3 is 0 Å². The van der Waals surface area contributed by atoms with Crippen molar-refractivity contribution in [2.24, 2.45) is 0 Å². The van der Waals surface area contributed by atoms with Crippen molar-refractivity contribution in [3.05, 3.63) is 71.8 Å². The van der Waals surface area contributed by atoms with Gasteiger partial charge in [-0.2, -0.15) is 0 Å². The van der Waals surface area contributed by atoms with Crippen LogP contribution < -0.4 is 14.8 Å². The van der Waals surface area contributed by atoms with Gasteiger partial charge in [-0.1, -0.05) is 65.6 Å². The molecule has 0 atom stereocenters. The maximum absolute atomic E-state index is 12.5.